The molecular formula is C7H8F2N2O. The average Bonchev–Trinajstić information content (AvgIpc) is 2.30. The highest BCUT2D eigenvalue weighted by Crippen LogP contribution is 2.23. The molecule has 12 heavy (non-hydrogen) atoms. The molecule has 0 atom stereocenters. The lowest BCUT2D eigenvalue weighted by atomic mass is 10.3. The first-order chi connectivity index (χ1) is 5.41. The monoisotopic (exact) mass is 174 g/mol. The zero-order valence-electron chi connectivity index (χ0n) is 6.69. The predicted molar refractivity (Wildman–Crippen MR) is 38.2 cm³/mol. The van der Waals surface area contributed by atoms with Crippen molar-refractivity contribution >= 4 is 5.78 Å². The number of hydrogen-bond donors (Lipinski definition) is 1. The molecule has 0 unspecified atom stereocenters. The summed E-state index contributed by atoms with van der Waals surface area (Å²) in [6, 6.07) is 0. The van der Waals surface area contributed by atoms with Gasteiger partial charge in [-0.25, -0.2) is 4.98 Å². The van der Waals surface area contributed by atoms with E-state index in [4.69, 9.17) is 0 Å². The largest absolute Gasteiger partial charge is 0.335 e. The molecule has 0 fully saturated rings. The molecule has 0 bridgehead atoms. The Bertz CT molecular complexity index is 301. The van der Waals surface area contributed by atoms with Crippen molar-refractivity contribution < 1.29 is 13.6 Å². The van der Waals surface area contributed by atoms with Crippen molar-refractivity contribution in [3.05, 3.63) is 17.7 Å². The summed E-state index contributed by atoms with van der Waals surface area (Å²) >= 11 is 0. The molecule has 1 N–H and O–H groups in total. The number of ketones is 1. The first kappa shape index (κ1) is 8.83. The number of imidazole rings is 1. The Kier molecular flexibility index (Phi) is 1.95. The van der Waals surface area contributed by atoms with Crippen molar-refractivity contribution in [2.45, 2.75) is 19.8 Å². The minimum Gasteiger partial charge on any atom is -0.335 e. The second-order valence-electron chi connectivity index (χ2n) is 2.59. The normalized spacial score (nSPS) is 11.7. The van der Waals surface area contributed by atoms with E-state index in [0.717, 1.165) is 13.1 Å². The van der Waals surface area contributed by atoms with Crippen molar-refractivity contribution in [3.8, 4) is 0 Å². The van der Waals surface area contributed by atoms with Gasteiger partial charge in [0.25, 0.3) is 0 Å². The molecule has 0 amide bonds. The van der Waals surface area contributed by atoms with Gasteiger partial charge in [0, 0.05) is 13.8 Å². The van der Waals surface area contributed by atoms with Crippen LogP contribution in [0.5, 0.6) is 0 Å². The van der Waals surface area contributed by atoms with Gasteiger partial charge in [0.15, 0.2) is 11.6 Å². The first-order valence-corrected chi connectivity index (χ1v) is 3.35. The Morgan fingerprint density at radius 1 is 1.67 bits per heavy atom. The standard InChI is InChI=1S/C7H8F2N2O/c1-4(12)5-3-10-6(11-5)7(2,8)9/h3H,1-2H3,(H,10,11). The Hall–Kier alpha value is -1.26. The van der Waals surface area contributed by atoms with Crippen LogP contribution in [0, 0.1) is 0 Å². The van der Waals surface area contributed by atoms with Crippen LogP contribution >= 0.6 is 0 Å². The number of H-pyrrole nitrogens is 1. The maximum atomic E-state index is 12.5. The zero-order valence-corrected chi connectivity index (χ0v) is 6.69. The summed E-state index contributed by atoms with van der Waals surface area (Å²) in [5.74, 6) is -3.81. The first-order valence-electron chi connectivity index (χ1n) is 3.35. The van der Waals surface area contributed by atoms with E-state index >= 15 is 0 Å². The SMILES string of the molecule is CC(=O)c1cnc(C(C)(F)F)[nH]1. The van der Waals surface area contributed by atoms with E-state index in [2.05, 4.69) is 9.97 Å². The Morgan fingerprint density at radius 2 is 2.25 bits per heavy atom. The van der Waals surface area contributed by atoms with Crippen LogP contribution in [0.3, 0.4) is 0 Å². The number of nitrogens with one attached hydrogen (secondary N) is 1. The predicted octanol–water partition coefficient (Wildman–Crippen LogP) is 1.72. The van der Waals surface area contributed by atoms with E-state index in [9.17, 15) is 13.6 Å². The number of carbonyl (C=O) groups is 1. The van der Waals surface area contributed by atoms with Crippen LogP contribution in [0.25, 0.3) is 0 Å². The van der Waals surface area contributed by atoms with Crippen molar-refractivity contribution in [1.82, 2.24) is 9.97 Å². The van der Waals surface area contributed by atoms with Crippen LogP contribution in [0.2, 0.25) is 0 Å². The van der Waals surface area contributed by atoms with Crippen LogP contribution in [0.1, 0.15) is 30.2 Å². The molecule has 0 aromatic carbocycles. The number of nitrogens with zero attached hydrogens (tertiary/aromatic N) is 1. The Balaban J connectivity index is 3.00. The molecule has 1 rings (SSSR count). The van der Waals surface area contributed by atoms with Crippen molar-refractivity contribution in [3.63, 3.8) is 0 Å². The van der Waals surface area contributed by atoms with Crippen LogP contribution in [0.4, 0.5) is 8.78 Å². The highest BCUT2D eigenvalue weighted by atomic mass is 19.3. The minimum absolute atomic E-state index is 0.103. The second kappa shape index (κ2) is 2.66. The highest BCUT2D eigenvalue weighted by Gasteiger charge is 2.28. The van der Waals surface area contributed by atoms with Crippen molar-refractivity contribution in [2.24, 2.45) is 0 Å². The maximum Gasteiger partial charge on any atom is 0.301 e. The van der Waals surface area contributed by atoms with E-state index in [1.165, 1.54) is 6.92 Å². The molecule has 1 aromatic rings. The van der Waals surface area contributed by atoms with E-state index in [0.29, 0.717) is 0 Å². The molecule has 0 saturated heterocycles. The van der Waals surface area contributed by atoms with E-state index in [-0.39, 0.29) is 11.5 Å². The fourth-order valence-corrected chi connectivity index (χ4v) is 0.723. The summed E-state index contributed by atoms with van der Waals surface area (Å²) in [5.41, 5.74) is 0.103. The summed E-state index contributed by atoms with van der Waals surface area (Å²) in [7, 11) is 0. The molecule has 3 nitrogen and oxygen atoms in total. The molecule has 0 saturated carbocycles. The van der Waals surface area contributed by atoms with Gasteiger partial charge in [-0.05, 0) is 0 Å². The van der Waals surface area contributed by atoms with Gasteiger partial charge in [0.1, 0.15) is 5.69 Å². The Morgan fingerprint density at radius 3 is 2.50 bits per heavy atom. The summed E-state index contributed by atoms with van der Waals surface area (Å²) in [6.45, 7) is 2.00. The molecule has 0 aliphatic rings. The smallest absolute Gasteiger partial charge is 0.301 e. The lowest BCUT2D eigenvalue weighted by molar-refractivity contribution is 0.00853. The van der Waals surface area contributed by atoms with Gasteiger partial charge in [-0.15, -0.1) is 0 Å². The number of aromatic amines is 1. The molecule has 66 valence electrons. The van der Waals surface area contributed by atoms with Gasteiger partial charge < -0.3 is 4.98 Å². The Labute approximate surface area is 67.8 Å². The second-order valence-corrected chi connectivity index (χ2v) is 2.59. The third-order valence-corrected chi connectivity index (χ3v) is 1.37. The summed E-state index contributed by atoms with van der Waals surface area (Å²) in [5, 5.41) is 0. The van der Waals surface area contributed by atoms with E-state index in [1.807, 2.05) is 0 Å². The lowest BCUT2D eigenvalue weighted by Gasteiger charge is -2.04. The van der Waals surface area contributed by atoms with Gasteiger partial charge in [0.05, 0.1) is 6.20 Å². The van der Waals surface area contributed by atoms with Gasteiger partial charge in [-0.3, -0.25) is 4.79 Å². The molecule has 0 aliphatic carbocycles. The van der Waals surface area contributed by atoms with Crippen LogP contribution in [0.15, 0.2) is 6.20 Å². The third-order valence-electron chi connectivity index (χ3n) is 1.37. The van der Waals surface area contributed by atoms with Crippen molar-refractivity contribution in [1.29, 1.82) is 0 Å². The van der Waals surface area contributed by atoms with Gasteiger partial charge in [0.2, 0.25) is 0 Å². The van der Waals surface area contributed by atoms with Gasteiger partial charge in [-0.2, -0.15) is 8.78 Å². The number of Topliss-reactive ketones (excluding diaryl/α,β-unsaturated/α-hetero) is 1. The number of halogens is 2. The zero-order chi connectivity index (χ0) is 9.35. The quantitative estimate of drug-likeness (QED) is 0.694. The van der Waals surface area contributed by atoms with Crippen LogP contribution in [-0.2, 0) is 5.92 Å². The highest BCUT2D eigenvalue weighted by molar-refractivity contribution is 5.91. The molecule has 0 radical (unpaired) electrons. The van der Waals surface area contributed by atoms with Gasteiger partial charge >= 0.3 is 5.92 Å². The molecular weight excluding hydrogens is 166 g/mol. The number of carbonyl (C=O) groups excluding carboxylic acids is 1. The number of alkyl halides is 2. The van der Waals surface area contributed by atoms with Gasteiger partial charge in [-0.1, -0.05) is 0 Å². The van der Waals surface area contributed by atoms with Crippen LogP contribution in [-0.4, -0.2) is 15.8 Å². The molecule has 5 heteroatoms. The number of hydrogen-bond acceptors (Lipinski definition) is 2. The summed E-state index contributed by atoms with van der Waals surface area (Å²) in [6.07, 6.45) is 1.11. The van der Waals surface area contributed by atoms with Crippen LogP contribution < -0.4 is 0 Å². The lowest BCUT2D eigenvalue weighted by Crippen LogP contribution is -2.09. The number of aromatic nitrogens is 2. The number of rotatable bonds is 2. The third kappa shape index (κ3) is 1.66. The van der Waals surface area contributed by atoms with Crippen molar-refractivity contribution in [2.75, 3.05) is 0 Å². The van der Waals surface area contributed by atoms with E-state index < -0.39 is 11.7 Å². The summed E-state index contributed by atoms with van der Waals surface area (Å²) in [4.78, 5) is 16.3. The summed E-state index contributed by atoms with van der Waals surface area (Å²) < 4.78 is 25.1. The maximum absolute atomic E-state index is 12.5. The molecule has 1 heterocycles. The molecule has 1 aromatic heterocycles. The average molecular weight is 174 g/mol. The van der Waals surface area contributed by atoms with E-state index in [1.54, 1.807) is 0 Å². The fourth-order valence-electron chi connectivity index (χ4n) is 0.723. The molecule has 0 spiro atoms. The molecule has 0 aliphatic heterocycles. The fraction of sp³-hybridized carbons (Fsp3) is 0.429. The topological polar surface area (TPSA) is 45.8 Å². The minimum atomic E-state index is -3.02.